The van der Waals surface area contributed by atoms with Crippen LogP contribution in [-0.4, -0.2) is 46.8 Å². The zero-order valence-electron chi connectivity index (χ0n) is 16.0. The van der Waals surface area contributed by atoms with Gasteiger partial charge in [-0.3, -0.25) is 4.68 Å². The van der Waals surface area contributed by atoms with Gasteiger partial charge in [0.05, 0.1) is 18.3 Å². The minimum atomic E-state index is -0.205. The average molecular weight is 498 g/mol. The quantitative estimate of drug-likeness (QED) is 0.399. The van der Waals surface area contributed by atoms with E-state index in [9.17, 15) is 4.39 Å². The predicted octanol–water partition coefficient (Wildman–Crippen LogP) is 3.39. The topological polar surface area (TPSA) is 62.7 Å². The Balaban J connectivity index is 0.00000225. The number of halogens is 2. The van der Waals surface area contributed by atoms with Crippen LogP contribution in [0.15, 0.2) is 41.5 Å². The van der Waals surface area contributed by atoms with E-state index < -0.39 is 0 Å². The molecule has 1 aliphatic carbocycles. The predicted molar refractivity (Wildman–Crippen MR) is 121 cm³/mol. The number of guanidine groups is 1. The summed E-state index contributed by atoms with van der Waals surface area (Å²) in [4.78, 5) is 8.89. The van der Waals surface area contributed by atoms with Gasteiger partial charge in [0.2, 0.25) is 0 Å². The maximum atomic E-state index is 13.1. The molecule has 8 heteroatoms. The monoisotopic (exact) mass is 498 g/mol. The summed E-state index contributed by atoms with van der Waals surface area (Å²) in [6.45, 7) is 3.83. The van der Waals surface area contributed by atoms with Crippen LogP contribution >= 0.6 is 24.0 Å². The summed E-state index contributed by atoms with van der Waals surface area (Å²) in [6.07, 6.45) is 7.12. The number of anilines is 1. The number of aromatic nitrogens is 2. The van der Waals surface area contributed by atoms with Crippen molar-refractivity contribution in [2.75, 3.05) is 31.1 Å². The van der Waals surface area contributed by atoms with Crippen LogP contribution in [0.25, 0.3) is 0 Å². The summed E-state index contributed by atoms with van der Waals surface area (Å²) in [5.41, 5.74) is 8.22. The molecule has 2 heterocycles. The highest BCUT2D eigenvalue weighted by atomic mass is 127. The molecular weight excluding hydrogens is 470 g/mol. The lowest BCUT2D eigenvalue weighted by molar-refractivity contribution is 0.380. The highest BCUT2D eigenvalue weighted by Crippen LogP contribution is 2.28. The lowest BCUT2D eigenvalue weighted by atomic mass is 10.2. The summed E-state index contributed by atoms with van der Waals surface area (Å²) < 4.78 is 15.2. The van der Waals surface area contributed by atoms with Gasteiger partial charge in [-0.15, -0.1) is 24.0 Å². The molecule has 28 heavy (non-hydrogen) atoms. The molecular formula is C20H28FIN6. The number of hydrogen-bond acceptors (Lipinski definition) is 3. The van der Waals surface area contributed by atoms with Gasteiger partial charge >= 0.3 is 0 Å². The summed E-state index contributed by atoms with van der Waals surface area (Å²) in [7, 11) is 0. The third kappa shape index (κ3) is 4.95. The van der Waals surface area contributed by atoms with E-state index in [1.807, 2.05) is 18.2 Å². The molecule has 1 saturated carbocycles. The van der Waals surface area contributed by atoms with Crippen molar-refractivity contribution in [2.24, 2.45) is 10.7 Å². The minimum absolute atomic E-state index is 0. The van der Waals surface area contributed by atoms with Crippen molar-refractivity contribution in [3.8, 4) is 0 Å². The zero-order chi connectivity index (χ0) is 18.6. The van der Waals surface area contributed by atoms with Gasteiger partial charge in [-0.05, 0) is 43.2 Å². The van der Waals surface area contributed by atoms with Crippen LogP contribution in [-0.2, 0) is 6.54 Å². The van der Waals surface area contributed by atoms with Crippen molar-refractivity contribution in [3.63, 3.8) is 0 Å². The molecule has 152 valence electrons. The van der Waals surface area contributed by atoms with Gasteiger partial charge in [0, 0.05) is 38.1 Å². The summed E-state index contributed by atoms with van der Waals surface area (Å²) >= 11 is 0. The van der Waals surface area contributed by atoms with E-state index in [4.69, 9.17) is 5.73 Å². The van der Waals surface area contributed by atoms with Gasteiger partial charge in [0.15, 0.2) is 5.96 Å². The van der Waals surface area contributed by atoms with E-state index in [0.29, 0.717) is 18.5 Å². The van der Waals surface area contributed by atoms with Crippen molar-refractivity contribution in [3.05, 3.63) is 48.0 Å². The number of aliphatic imine (C=N–C) groups is 1. The fraction of sp³-hybridized carbons (Fsp3) is 0.500. The van der Waals surface area contributed by atoms with Gasteiger partial charge in [0.1, 0.15) is 5.82 Å². The van der Waals surface area contributed by atoms with E-state index in [1.165, 1.54) is 37.8 Å². The fourth-order valence-corrected chi connectivity index (χ4v) is 3.94. The fourth-order valence-electron chi connectivity index (χ4n) is 3.94. The van der Waals surface area contributed by atoms with Crippen molar-refractivity contribution in [1.82, 2.24) is 14.7 Å². The maximum absolute atomic E-state index is 13.1. The third-order valence-electron chi connectivity index (χ3n) is 5.56. The molecule has 1 aliphatic heterocycles. The maximum Gasteiger partial charge on any atom is 0.191 e. The highest BCUT2D eigenvalue weighted by Gasteiger charge is 2.19. The van der Waals surface area contributed by atoms with Gasteiger partial charge in [0.25, 0.3) is 0 Å². The molecule has 1 aromatic heterocycles. The number of nitrogens with zero attached hydrogens (tertiary/aromatic N) is 5. The first-order valence-corrected chi connectivity index (χ1v) is 9.78. The molecule has 0 atom stereocenters. The van der Waals surface area contributed by atoms with E-state index in [-0.39, 0.29) is 29.8 Å². The molecule has 2 N–H and O–H groups in total. The molecule has 6 nitrogen and oxygen atoms in total. The Morgan fingerprint density at radius 1 is 1.07 bits per heavy atom. The Bertz CT molecular complexity index is 776. The number of piperazine rings is 1. The number of nitrogens with two attached hydrogens (primary N) is 1. The summed E-state index contributed by atoms with van der Waals surface area (Å²) in [5.74, 6) is 0.369. The zero-order valence-corrected chi connectivity index (χ0v) is 18.3. The molecule has 0 amide bonds. The molecule has 4 rings (SSSR count). The molecule has 2 aliphatic rings. The van der Waals surface area contributed by atoms with Crippen LogP contribution in [0.5, 0.6) is 0 Å². The Morgan fingerprint density at radius 3 is 2.43 bits per heavy atom. The highest BCUT2D eigenvalue weighted by molar-refractivity contribution is 14.0. The molecule has 0 radical (unpaired) electrons. The second kappa shape index (κ2) is 9.58. The lowest BCUT2D eigenvalue weighted by Crippen LogP contribution is -2.51. The van der Waals surface area contributed by atoms with E-state index in [1.54, 1.807) is 0 Å². The van der Waals surface area contributed by atoms with Crippen LogP contribution in [0, 0.1) is 5.82 Å². The Kier molecular flexibility index (Phi) is 7.14. The van der Waals surface area contributed by atoms with Crippen molar-refractivity contribution in [2.45, 2.75) is 38.3 Å². The normalized spacial score (nSPS) is 18.4. The van der Waals surface area contributed by atoms with Crippen molar-refractivity contribution >= 4 is 35.6 Å². The molecule has 1 aromatic carbocycles. The largest absolute Gasteiger partial charge is 0.370 e. The van der Waals surface area contributed by atoms with Crippen LogP contribution in [0.3, 0.4) is 0 Å². The van der Waals surface area contributed by atoms with Crippen LogP contribution in [0.2, 0.25) is 0 Å². The Labute approximate surface area is 182 Å². The van der Waals surface area contributed by atoms with E-state index in [2.05, 4.69) is 30.8 Å². The second-order valence-electron chi connectivity index (χ2n) is 7.35. The number of rotatable bonds is 4. The number of benzene rings is 1. The molecule has 2 aromatic rings. The van der Waals surface area contributed by atoms with Crippen LogP contribution in [0.1, 0.15) is 37.4 Å². The summed E-state index contributed by atoms with van der Waals surface area (Å²) in [6, 6.07) is 9.25. The number of hydrogen-bond donors (Lipinski definition) is 1. The minimum Gasteiger partial charge on any atom is -0.370 e. The van der Waals surface area contributed by atoms with E-state index >= 15 is 0 Å². The van der Waals surface area contributed by atoms with Gasteiger partial charge in [-0.1, -0.05) is 12.8 Å². The van der Waals surface area contributed by atoms with Gasteiger partial charge < -0.3 is 15.5 Å². The molecule has 0 unspecified atom stereocenters. The van der Waals surface area contributed by atoms with Crippen LogP contribution in [0.4, 0.5) is 10.1 Å². The third-order valence-corrected chi connectivity index (χ3v) is 5.56. The Morgan fingerprint density at radius 2 is 1.75 bits per heavy atom. The first kappa shape index (κ1) is 20.9. The SMILES string of the molecule is I.NC(=NCc1ccn(C2CCCC2)n1)N1CCN(c2ccc(F)cc2)CC1. The standard InChI is InChI=1S/C20H27FN6.HI/c21-16-5-7-18(8-6-16)25-11-13-26(14-12-25)20(22)23-15-17-9-10-27(24-17)19-3-1-2-4-19;/h5-10,19H,1-4,11-15H2,(H2,22,23);1H. The van der Waals surface area contributed by atoms with Gasteiger partial charge in [-0.2, -0.15) is 5.10 Å². The first-order chi connectivity index (χ1) is 13.2. The van der Waals surface area contributed by atoms with Crippen LogP contribution < -0.4 is 10.6 Å². The Hall–Kier alpha value is -1.84. The molecule has 1 saturated heterocycles. The molecule has 0 spiro atoms. The first-order valence-electron chi connectivity index (χ1n) is 9.78. The second-order valence-corrected chi connectivity index (χ2v) is 7.35. The smallest absolute Gasteiger partial charge is 0.191 e. The molecule has 0 bridgehead atoms. The van der Waals surface area contributed by atoms with Crippen molar-refractivity contribution in [1.29, 1.82) is 0 Å². The van der Waals surface area contributed by atoms with E-state index in [0.717, 1.165) is 37.6 Å². The van der Waals surface area contributed by atoms with Gasteiger partial charge in [-0.25, -0.2) is 9.38 Å². The average Bonchev–Trinajstić information content (AvgIpc) is 3.38. The lowest BCUT2D eigenvalue weighted by Gasteiger charge is -2.36. The molecule has 2 fully saturated rings. The van der Waals surface area contributed by atoms with Crippen molar-refractivity contribution < 1.29 is 4.39 Å². The summed E-state index contributed by atoms with van der Waals surface area (Å²) in [5, 5.41) is 4.66.